The highest BCUT2D eigenvalue weighted by Gasteiger charge is 2.45. The number of nitrogens with zero attached hydrogens (tertiary/aromatic N) is 2. The third-order valence-corrected chi connectivity index (χ3v) is 4.10. The molecule has 0 fully saturated rings. The van der Waals surface area contributed by atoms with Gasteiger partial charge in [-0.3, -0.25) is 0 Å². The van der Waals surface area contributed by atoms with Crippen molar-refractivity contribution in [1.29, 1.82) is 0 Å². The summed E-state index contributed by atoms with van der Waals surface area (Å²) in [6.45, 7) is 0. The molecular formula is C11H12F3N2O2S+. The molecule has 0 unspecified atom stereocenters. The van der Waals surface area contributed by atoms with Gasteiger partial charge in [-0.25, -0.2) is 17.6 Å². The van der Waals surface area contributed by atoms with Crippen molar-refractivity contribution in [3.8, 4) is 0 Å². The van der Waals surface area contributed by atoms with E-state index in [2.05, 4.69) is 0 Å². The lowest BCUT2D eigenvalue weighted by Crippen LogP contribution is -2.38. The predicted molar refractivity (Wildman–Crippen MR) is 62.2 cm³/mol. The van der Waals surface area contributed by atoms with E-state index in [-0.39, 0.29) is 10.4 Å². The second-order valence-corrected chi connectivity index (χ2v) is 6.38. The van der Waals surface area contributed by atoms with Crippen LogP contribution in [0.1, 0.15) is 5.82 Å². The highest BCUT2D eigenvalue weighted by atomic mass is 32.2. The van der Waals surface area contributed by atoms with Crippen LogP contribution in [0, 0.1) is 0 Å². The molecule has 19 heavy (non-hydrogen) atoms. The Hall–Kier alpha value is -1.57. The standard InChI is InChI=1S/C11H12F3N2O2S/c1-15-8-5-4-7(19(3,17)18)6-9(8)16(2)10(15)11(12,13)14/h4-6H,1-3H3/q+1. The summed E-state index contributed by atoms with van der Waals surface area (Å²) in [5.41, 5.74) is 0.542. The van der Waals surface area contributed by atoms with Crippen molar-refractivity contribution in [2.24, 2.45) is 14.1 Å². The fourth-order valence-corrected chi connectivity index (χ4v) is 2.76. The lowest BCUT2D eigenvalue weighted by Gasteiger charge is -2.01. The van der Waals surface area contributed by atoms with Crippen LogP contribution in [0.4, 0.5) is 13.2 Å². The quantitative estimate of drug-likeness (QED) is 0.746. The summed E-state index contributed by atoms with van der Waals surface area (Å²) in [7, 11) is -0.896. The predicted octanol–water partition coefficient (Wildman–Crippen LogP) is 1.43. The van der Waals surface area contributed by atoms with Gasteiger partial charge in [0.25, 0.3) is 0 Å². The third kappa shape index (κ3) is 2.20. The van der Waals surface area contributed by atoms with Crippen LogP contribution >= 0.6 is 0 Å². The zero-order chi connectivity index (χ0) is 14.6. The highest BCUT2D eigenvalue weighted by molar-refractivity contribution is 7.90. The van der Waals surface area contributed by atoms with Crippen LogP contribution in [0.5, 0.6) is 0 Å². The maximum absolute atomic E-state index is 12.9. The molecule has 2 rings (SSSR count). The Morgan fingerprint density at radius 2 is 1.84 bits per heavy atom. The van der Waals surface area contributed by atoms with Gasteiger partial charge in [0.15, 0.2) is 20.9 Å². The smallest absolute Gasteiger partial charge is 0.224 e. The van der Waals surface area contributed by atoms with Crippen LogP contribution in [0.2, 0.25) is 0 Å². The number of benzene rings is 1. The van der Waals surface area contributed by atoms with Crippen LogP contribution in [0.15, 0.2) is 23.1 Å². The van der Waals surface area contributed by atoms with E-state index in [1.165, 1.54) is 32.3 Å². The number of aromatic nitrogens is 2. The van der Waals surface area contributed by atoms with Gasteiger partial charge in [0.2, 0.25) is 0 Å². The first kappa shape index (κ1) is 13.9. The van der Waals surface area contributed by atoms with Crippen molar-refractivity contribution in [2.45, 2.75) is 11.1 Å². The molecule has 0 bridgehead atoms. The molecular weight excluding hydrogens is 281 g/mol. The maximum Gasteiger partial charge on any atom is 0.495 e. The van der Waals surface area contributed by atoms with E-state index in [0.717, 1.165) is 15.4 Å². The first-order valence-corrected chi connectivity index (χ1v) is 7.18. The molecule has 4 nitrogen and oxygen atoms in total. The van der Waals surface area contributed by atoms with Crippen molar-refractivity contribution in [2.75, 3.05) is 6.26 Å². The Balaban J connectivity index is 2.87. The SMILES string of the molecule is Cn1c(C(F)(F)F)[n+](C)c2cc(S(C)(=O)=O)ccc21. The van der Waals surface area contributed by atoms with Crippen molar-refractivity contribution in [3.63, 3.8) is 0 Å². The number of alkyl halides is 3. The van der Waals surface area contributed by atoms with Crippen LogP contribution in [0.25, 0.3) is 11.0 Å². The number of hydrogen-bond donors (Lipinski definition) is 0. The molecule has 0 N–H and O–H groups in total. The van der Waals surface area contributed by atoms with E-state index in [1.54, 1.807) is 0 Å². The highest BCUT2D eigenvalue weighted by Crippen LogP contribution is 2.29. The van der Waals surface area contributed by atoms with E-state index in [1.807, 2.05) is 0 Å². The zero-order valence-electron chi connectivity index (χ0n) is 10.5. The fraction of sp³-hybridized carbons (Fsp3) is 0.364. The topological polar surface area (TPSA) is 43.0 Å². The first-order valence-electron chi connectivity index (χ1n) is 5.29. The van der Waals surface area contributed by atoms with Crippen molar-refractivity contribution in [3.05, 3.63) is 24.0 Å². The molecule has 0 saturated carbocycles. The summed E-state index contributed by atoms with van der Waals surface area (Å²) < 4.78 is 63.6. The molecule has 2 aromatic rings. The van der Waals surface area contributed by atoms with Crippen molar-refractivity contribution in [1.82, 2.24) is 4.57 Å². The molecule has 1 aromatic heterocycles. The van der Waals surface area contributed by atoms with E-state index in [9.17, 15) is 21.6 Å². The van der Waals surface area contributed by atoms with E-state index in [4.69, 9.17) is 0 Å². The Bertz CT molecular complexity index is 760. The van der Waals surface area contributed by atoms with Gasteiger partial charge < -0.3 is 0 Å². The van der Waals surface area contributed by atoms with E-state index in [0.29, 0.717) is 5.52 Å². The van der Waals surface area contributed by atoms with Gasteiger partial charge in [0.05, 0.1) is 19.0 Å². The van der Waals surface area contributed by atoms with Gasteiger partial charge in [0, 0.05) is 12.3 Å². The second kappa shape index (κ2) is 3.96. The molecule has 1 aromatic carbocycles. The van der Waals surface area contributed by atoms with E-state index >= 15 is 0 Å². The average Bonchev–Trinajstić information content (AvgIpc) is 2.49. The lowest BCUT2D eigenvalue weighted by molar-refractivity contribution is -0.667. The van der Waals surface area contributed by atoms with Crippen molar-refractivity contribution < 1.29 is 26.2 Å². The Morgan fingerprint density at radius 3 is 2.32 bits per heavy atom. The molecule has 0 radical (unpaired) electrons. The molecule has 8 heteroatoms. The lowest BCUT2D eigenvalue weighted by atomic mass is 10.3. The monoisotopic (exact) mass is 293 g/mol. The summed E-state index contributed by atoms with van der Waals surface area (Å²) >= 11 is 0. The van der Waals surface area contributed by atoms with Gasteiger partial charge in [-0.05, 0) is 12.1 Å². The molecule has 0 aliphatic rings. The summed E-state index contributed by atoms with van der Waals surface area (Å²) in [6, 6.07) is 3.93. The minimum absolute atomic E-state index is 0.00470. The van der Waals surface area contributed by atoms with Gasteiger partial charge in [0.1, 0.15) is 0 Å². The number of imidazole rings is 1. The normalized spacial score (nSPS) is 13.2. The summed E-state index contributed by atoms with van der Waals surface area (Å²) in [5.74, 6) is -0.840. The van der Waals surface area contributed by atoms with Crippen molar-refractivity contribution >= 4 is 20.9 Å². The first-order chi connectivity index (χ1) is 8.53. The average molecular weight is 293 g/mol. The summed E-state index contributed by atoms with van der Waals surface area (Å²) in [5, 5.41) is 0. The Morgan fingerprint density at radius 1 is 1.26 bits per heavy atom. The number of fused-ring (bicyclic) bond motifs is 1. The zero-order valence-corrected chi connectivity index (χ0v) is 11.3. The minimum atomic E-state index is -4.51. The largest absolute Gasteiger partial charge is 0.495 e. The van der Waals surface area contributed by atoms with Crippen LogP contribution < -0.4 is 4.57 Å². The third-order valence-electron chi connectivity index (χ3n) is 2.99. The fourth-order valence-electron chi connectivity index (χ4n) is 2.12. The molecule has 0 aliphatic heterocycles. The maximum atomic E-state index is 12.9. The number of aryl methyl sites for hydroxylation is 2. The number of hydrogen-bond acceptors (Lipinski definition) is 2. The van der Waals surface area contributed by atoms with Crippen LogP contribution in [-0.2, 0) is 30.1 Å². The molecule has 1 heterocycles. The molecule has 0 aliphatic carbocycles. The Labute approximate surface area is 108 Å². The number of sulfone groups is 1. The summed E-state index contributed by atoms with van der Waals surface area (Å²) in [6.07, 6.45) is -3.49. The molecule has 0 atom stereocenters. The number of halogens is 3. The summed E-state index contributed by atoms with van der Waals surface area (Å²) in [4.78, 5) is -0.00470. The van der Waals surface area contributed by atoms with Gasteiger partial charge >= 0.3 is 12.0 Å². The number of rotatable bonds is 1. The van der Waals surface area contributed by atoms with Crippen LogP contribution in [0.3, 0.4) is 0 Å². The second-order valence-electron chi connectivity index (χ2n) is 4.36. The van der Waals surface area contributed by atoms with E-state index < -0.39 is 21.8 Å². The Kier molecular flexibility index (Phi) is 2.89. The van der Waals surface area contributed by atoms with Gasteiger partial charge in [-0.2, -0.15) is 13.2 Å². The minimum Gasteiger partial charge on any atom is -0.224 e. The van der Waals surface area contributed by atoms with Crippen LogP contribution in [-0.4, -0.2) is 19.2 Å². The van der Waals surface area contributed by atoms with Gasteiger partial charge in [-0.15, -0.1) is 0 Å². The molecule has 0 spiro atoms. The molecule has 0 amide bonds. The molecule has 104 valence electrons. The van der Waals surface area contributed by atoms with Gasteiger partial charge in [-0.1, -0.05) is 0 Å². The molecule has 0 saturated heterocycles.